The minimum atomic E-state index is -0.555. The molecule has 2 amide bonds. The van der Waals surface area contributed by atoms with Gasteiger partial charge in [0.1, 0.15) is 6.29 Å². The van der Waals surface area contributed by atoms with E-state index in [4.69, 9.17) is 0 Å². The number of hydrogen-bond acceptors (Lipinski definition) is 4. The van der Waals surface area contributed by atoms with Crippen LogP contribution in [0.3, 0.4) is 0 Å². The molecule has 2 unspecified atom stereocenters. The molecule has 2 fully saturated rings. The largest absolute Gasteiger partial charge is 0.360 e. The van der Waals surface area contributed by atoms with Crippen LogP contribution in [0.2, 0.25) is 0 Å². The van der Waals surface area contributed by atoms with Gasteiger partial charge in [-0.1, -0.05) is 18.2 Å². The van der Waals surface area contributed by atoms with Crippen LogP contribution >= 0.6 is 0 Å². The van der Waals surface area contributed by atoms with Gasteiger partial charge in [0, 0.05) is 0 Å². The number of benzene rings is 1. The lowest BCUT2D eigenvalue weighted by atomic mass is 9.89. The molecule has 2 saturated heterocycles. The number of nitrogens with zero attached hydrogens (tertiary/aromatic N) is 2. The van der Waals surface area contributed by atoms with E-state index in [0.717, 1.165) is 6.29 Å². The van der Waals surface area contributed by atoms with Crippen molar-refractivity contribution in [3.05, 3.63) is 42.6 Å². The zero-order chi connectivity index (χ0) is 13.9. The van der Waals surface area contributed by atoms with E-state index in [0.29, 0.717) is 5.69 Å². The summed E-state index contributed by atoms with van der Waals surface area (Å²) >= 11 is 0. The molecule has 100 valence electrons. The molecule has 0 aromatic heterocycles. The molecular weight excluding hydrogens is 256 g/mol. The van der Waals surface area contributed by atoms with Gasteiger partial charge in [0.25, 0.3) is 0 Å². The summed E-state index contributed by atoms with van der Waals surface area (Å²) in [4.78, 5) is 39.5. The highest BCUT2D eigenvalue weighted by atomic mass is 16.2. The molecule has 1 aromatic rings. The fourth-order valence-electron chi connectivity index (χ4n) is 3.49. The second-order valence-corrected chi connectivity index (χ2v) is 5.31. The van der Waals surface area contributed by atoms with Gasteiger partial charge in [-0.2, -0.15) is 0 Å². The van der Waals surface area contributed by atoms with Crippen molar-refractivity contribution in [2.45, 2.75) is 12.1 Å². The number of imide groups is 1. The fraction of sp³-hybridized carbons (Fsp3) is 0.267. The average Bonchev–Trinajstić information content (AvgIpc) is 2.81. The van der Waals surface area contributed by atoms with Gasteiger partial charge in [0.2, 0.25) is 11.8 Å². The lowest BCUT2D eigenvalue weighted by molar-refractivity contribution is -0.125. The number of aldehydes is 1. The first-order chi connectivity index (χ1) is 9.74. The second kappa shape index (κ2) is 3.79. The number of fused-ring (bicyclic) bond motifs is 3. The summed E-state index contributed by atoms with van der Waals surface area (Å²) in [6.07, 6.45) is 4.46. The summed E-state index contributed by atoms with van der Waals surface area (Å²) in [7, 11) is 0. The zero-order valence-electron chi connectivity index (χ0n) is 10.5. The molecule has 0 bridgehead atoms. The van der Waals surface area contributed by atoms with Crippen LogP contribution in [-0.2, 0) is 14.4 Å². The smallest absolute Gasteiger partial charge is 0.240 e. The van der Waals surface area contributed by atoms with Crippen LogP contribution < -0.4 is 4.90 Å². The standard InChI is InChI=1S/C15H12N2O3/c18-8-11-13-12(10-6-7-16(10)11)14(19)17(15(13)20)9-4-2-1-3-5-9/h1-8,10-13H/t10?,11?,12-,13+/m0/s1. The molecule has 0 saturated carbocycles. The molecule has 3 heterocycles. The SMILES string of the molecule is O=CC1[C@H]2C(=O)N(c3ccccc3)C(=O)[C@H]2C2C=CN12. The molecule has 3 aliphatic rings. The maximum absolute atomic E-state index is 12.6. The van der Waals surface area contributed by atoms with Gasteiger partial charge in [-0.25, -0.2) is 4.90 Å². The fourth-order valence-corrected chi connectivity index (χ4v) is 3.49. The number of anilines is 1. The third-order valence-corrected chi connectivity index (χ3v) is 4.43. The lowest BCUT2D eigenvalue weighted by Crippen LogP contribution is -2.45. The highest BCUT2D eigenvalue weighted by Crippen LogP contribution is 2.46. The topological polar surface area (TPSA) is 57.7 Å². The van der Waals surface area contributed by atoms with E-state index >= 15 is 0 Å². The monoisotopic (exact) mass is 268 g/mol. The summed E-state index contributed by atoms with van der Waals surface area (Å²) < 4.78 is 0. The molecule has 0 spiro atoms. The van der Waals surface area contributed by atoms with Gasteiger partial charge in [-0.05, 0) is 24.4 Å². The quantitative estimate of drug-likeness (QED) is 0.581. The van der Waals surface area contributed by atoms with Crippen molar-refractivity contribution in [3.8, 4) is 0 Å². The van der Waals surface area contributed by atoms with Gasteiger partial charge >= 0.3 is 0 Å². The third kappa shape index (κ3) is 1.20. The maximum Gasteiger partial charge on any atom is 0.240 e. The Morgan fingerprint density at radius 3 is 2.30 bits per heavy atom. The van der Waals surface area contributed by atoms with E-state index in [9.17, 15) is 14.4 Å². The number of amides is 2. The van der Waals surface area contributed by atoms with Crippen molar-refractivity contribution in [1.82, 2.24) is 4.90 Å². The Morgan fingerprint density at radius 2 is 1.70 bits per heavy atom. The van der Waals surface area contributed by atoms with Crippen molar-refractivity contribution in [3.63, 3.8) is 0 Å². The van der Waals surface area contributed by atoms with Crippen LogP contribution in [0.4, 0.5) is 5.69 Å². The van der Waals surface area contributed by atoms with E-state index < -0.39 is 17.9 Å². The highest BCUT2D eigenvalue weighted by Gasteiger charge is 2.62. The highest BCUT2D eigenvalue weighted by molar-refractivity contribution is 6.23. The van der Waals surface area contributed by atoms with E-state index in [2.05, 4.69) is 0 Å². The second-order valence-electron chi connectivity index (χ2n) is 5.31. The molecule has 0 N–H and O–H groups in total. The van der Waals surface area contributed by atoms with Crippen LogP contribution in [0.5, 0.6) is 0 Å². The normalized spacial score (nSPS) is 34.0. The van der Waals surface area contributed by atoms with Crippen molar-refractivity contribution in [1.29, 1.82) is 0 Å². The van der Waals surface area contributed by atoms with E-state index in [1.54, 1.807) is 30.5 Å². The number of hydrogen-bond donors (Lipinski definition) is 0. The predicted molar refractivity (Wildman–Crippen MR) is 70.5 cm³/mol. The number of para-hydroxylation sites is 1. The number of carbonyl (C=O) groups excluding carboxylic acids is 3. The molecule has 5 nitrogen and oxygen atoms in total. The molecule has 0 aliphatic carbocycles. The first-order valence-electron chi connectivity index (χ1n) is 6.58. The van der Waals surface area contributed by atoms with Crippen molar-refractivity contribution in [2.75, 3.05) is 4.90 Å². The first-order valence-corrected chi connectivity index (χ1v) is 6.58. The summed E-state index contributed by atoms with van der Waals surface area (Å²) in [6, 6.07) is 8.26. The Hall–Kier alpha value is -2.43. The Morgan fingerprint density at radius 1 is 1.00 bits per heavy atom. The molecule has 1 aromatic carbocycles. The lowest BCUT2D eigenvalue weighted by Gasteiger charge is -2.34. The van der Waals surface area contributed by atoms with Gasteiger partial charge in [-0.3, -0.25) is 9.59 Å². The molecule has 5 heteroatoms. The Kier molecular flexibility index (Phi) is 2.16. The first kappa shape index (κ1) is 11.4. The van der Waals surface area contributed by atoms with Gasteiger partial charge in [-0.15, -0.1) is 0 Å². The molecule has 3 aliphatic heterocycles. The van der Waals surface area contributed by atoms with Gasteiger partial charge in [0.15, 0.2) is 0 Å². The Bertz CT molecular complexity index is 640. The van der Waals surface area contributed by atoms with Crippen LogP contribution in [0.1, 0.15) is 0 Å². The van der Waals surface area contributed by atoms with Crippen molar-refractivity contribution >= 4 is 23.8 Å². The van der Waals surface area contributed by atoms with Crippen LogP contribution in [0, 0.1) is 11.8 Å². The summed E-state index contributed by atoms with van der Waals surface area (Å²) in [5, 5.41) is 0. The average molecular weight is 268 g/mol. The molecule has 20 heavy (non-hydrogen) atoms. The molecular formula is C15H12N2O3. The Labute approximate surface area is 115 Å². The summed E-state index contributed by atoms with van der Waals surface area (Å²) in [5.41, 5.74) is 0.580. The zero-order valence-corrected chi connectivity index (χ0v) is 10.5. The van der Waals surface area contributed by atoms with Crippen molar-refractivity contribution in [2.24, 2.45) is 11.8 Å². The van der Waals surface area contributed by atoms with E-state index in [-0.39, 0.29) is 17.9 Å². The van der Waals surface area contributed by atoms with Crippen LogP contribution in [-0.4, -0.2) is 35.1 Å². The van der Waals surface area contributed by atoms with Gasteiger partial charge in [0.05, 0.1) is 29.6 Å². The number of carbonyl (C=O) groups is 3. The van der Waals surface area contributed by atoms with Crippen LogP contribution in [0.25, 0.3) is 0 Å². The molecule has 0 radical (unpaired) electrons. The minimum Gasteiger partial charge on any atom is -0.360 e. The summed E-state index contributed by atoms with van der Waals surface area (Å²) in [6.45, 7) is 0. The van der Waals surface area contributed by atoms with Gasteiger partial charge < -0.3 is 9.69 Å². The maximum atomic E-state index is 12.6. The third-order valence-electron chi connectivity index (χ3n) is 4.43. The van der Waals surface area contributed by atoms with Crippen LogP contribution in [0.15, 0.2) is 42.6 Å². The van der Waals surface area contributed by atoms with E-state index in [1.165, 1.54) is 4.90 Å². The predicted octanol–water partition coefficient (Wildman–Crippen LogP) is 0.571. The Balaban J connectivity index is 1.77. The van der Waals surface area contributed by atoms with E-state index in [1.807, 2.05) is 17.0 Å². The number of rotatable bonds is 2. The summed E-state index contributed by atoms with van der Waals surface area (Å²) in [5.74, 6) is -1.45. The minimum absolute atomic E-state index is 0.111. The van der Waals surface area contributed by atoms with Crippen molar-refractivity contribution < 1.29 is 14.4 Å². The molecule has 4 rings (SSSR count). The molecule has 4 atom stereocenters.